The van der Waals surface area contributed by atoms with Crippen molar-refractivity contribution in [3.8, 4) is 0 Å². The zero-order chi connectivity index (χ0) is 17.1. The van der Waals surface area contributed by atoms with Crippen molar-refractivity contribution in [3.63, 3.8) is 0 Å². The first-order chi connectivity index (χ1) is 11.6. The number of hydrogen-bond donors (Lipinski definition) is 2. The second-order valence-corrected chi connectivity index (χ2v) is 6.89. The van der Waals surface area contributed by atoms with E-state index in [1.807, 2.05) is 32.0 Å². The van der Waals surface area contributed by atoms with Gasteiger partial charge in [0.05, 0.1) is 12.5 Å². The van der Waals surface area contributed by atoms with Gasteiger partial charge in [0.25, 0.3) is 0 Å². The molecule has 3 nitrogen and oxygen atoms in total. The number of fused-ring (bicyclic) bond motifs is 1. The topological polar surface area (TPSA) is 44.9 Å². The van der Waals surface area contributed by atoms with Gasteiger partial charge in [-0.1, -0.05) is 30.3 Å². The molecule has 4 heteroatoms. The van der Waals surface area contributed by atoms with Crippen LogP contribution >= 0.6 is 11.8 Å². The summed E-state index contributed by atoms with van der Waals surface area (Å²) in [5.41, 5.74) is 4.34. The number of amides is 1. The van der Waals surface area contributed by atoms with E-state index in [0.717, 1.165) is 27.7 Å². The molecule has 0 aliphatic rings. The molecule has 1 aromatic heterocycles. The SMILES string of the molecule is CSc1ccc(C(C)NC(=O)Cc2c(C)[nH]c3ccccc23)cc1. The Morgan fingerprint density at radius 3 is 2.58 bits per heavy atom. The highest BCUT2D eigenvalue weighted by molar-refractivity contribution is 7.98. The molecule has 0 aliphatic carbocycles. The van der Waals surface area contributed by atoms with Crippen LogP contribution in [0.1, 0.15) is 29.8 Å². The Hall–Kier alpha value is -2.20. The van der Waals surface area contributed by atoms with Crippen LogP contribution in [0.25, 0.3) is 10.9 Å². The molecule has 2 N–H and O–H groups in total. The Balaban J connectivity index is 1.71. The van der Waals surface area contributed by atoms with Gasteiger partial charge >= 0.3 is 0 Å². The lowest BCUT2D eigenvalue weighted by molar-refractivity contribution is -0.121. The van der Waals surface area contributed by atoms with E-state index in [9.17, 15) is 4.79 Å². The molecule has 1 heterocycles. The third-order valence-corrected chi connectivity index (χ3v) is 5.10. The predicted octanol–water partition coefficient (Wildman–Crippen LogP) is 4.62. The molecule has 24 heavy (non-hydrogen) atoms. The van der Waals surface area contributed by atoms with Gasteiger partial charge in [-0.25, -0.2) is 0 Å². The number of hydrogen-bond acceptors (Lipinski definition) is 2. The molecule has 0 spiro atoms. The average Bonchev–Trinajstić information content (AvgIpc) is 2.90. The number of benzene rings is 2. The minimum atomic E-state index is -0.00100. The maximum absolute atomic E-state index is 12.5. The second kappa shape index (κ2) is 7.14. The fourth-order valence-corrected chi connectivity index (χ4v) is 3.40. The van der Waals surface area contributed by atoms with Crippen LogP contribution in [0, 0.1) is 6.92 Å². The standard InChI is InChI=1S/C20H22N2OS/c1-13(15-8-10-16(24-3)11-9-15)22-20(23)12-18-14(2)21-19-7-5-4-6-17(18)19/h4-11,13,21H,12H2,1-3H3,(H,22,23). The van der Waals surface area contributed by atoms with E-state index in [4.69, 9.17) is 0 Å². The minimum Gasteiger partial charge on any atom is -0.358 e. The highest BCUT2D eigenvalue weighted by Gasteiger charge is 2.14. The van der Waals surface area contributed by atoms with Gasteiger partial charge in [0, 0.05) is 21.5 Å². The van der Waals surface area contributed by atoms with Gasteiger partial charge in [-0.05, 0) is 49.4 Å². The Morgan fingerprint density at radius 1 is 1.17 bits per heavy atom. The Kier molecular flexibility index (Phi) is 4.95. The predicted molar refractivity (Wildman–Crippen MR) is 102 cm³/mol. The van der Waals surface area contributed by atoms with Gasteiger partial charge < -0.3 is 10.3 Å². The summed E-state index contributed by atoms with van der Waals surface area (Å²) >= 11 is 1.72. The van der Waals surface area contributed by atoms with Crippen molar-refractivity contribution >= 4 is 28.6 Å². The van der Waals surface area contributed by atoms with Crippen LogP contribution in [0.15, 0.2) is 53.4 Å². The van der Waals surface area contributed by atoms with Crippen LogP contribution in [-0.4, -0.2) is 17.1 Å². The van der Waals surface area contributed by atoms with E-state index in [1.165, 1.54) is 4.90 Å². The van der Waals surface area contributed by atoms with E-state index in [1.54, 1.807) is 11.8 Å². The highest BCUT2D eigenvalue weighted by Crippen LogP contribution is 2.23. The summed E-state index contributed by atoms with van der Waals surface area (Å²) in [7, 11) is 0. The molecule has 1 amide bonds. The Bertz CT molecular complexity index is 852. The smallest absolute Gasteiger partial charge is 0.224 e. The quantitative estimate of drug-likeness (QED) is 0.667. The van der Waals surface area contributed by atoms with Crippen LogP contribution in [-0.2, 0) is 11.2 Å². The fraction of sp³-hybridized carbons (Fsp3) is 0.250. The number of thioether (sulfide) groups is 1. The third kappa shape index (κ3) is 3.49. The first kappa shape index (κ1) is 16.7. The summed E-state index contributed by atoms with van der Waals surface area (Å²) in [6.45, 7) is 4.04. The van der Waals surface area contributed by atoms with Crippen molar-refractivity contribution in [1.29, 1.82) is 0 Å². The monoisotopic (exact) mass is 338 g/mol. The van der Waals surface area contributed by atoms with Crippen LogP contribution in [0.4, 0.5) is 0 Å². The fourth-order valence-electron chi connectivity index (χ4n) is 2.99. The van der Waals surface area contributed by atoms with E-state index < -0.39 is 0 Å². The molecule has 0 saturated carbocycles. The molecule has 1 unspecified atom stereocenters. The molecule has 124 valence electrons. The number of carbonyl (C=O) groups excluding carboxylic acids is 1. The molecule has 3 aromatic rings. The first-order valence-electron chi connectivity index (χ1n) is 8.08. The van der Waals surface area contributed by atoms with Crippen LogP contribution in [0.3, 0.4) is 0 Å². The van der Waals surface area contributed by atoms with E-state index in [-0.39, 0.29) is 11.9 Å². The summed E-state index contributed by atoms with van der Waals surface area (Å²) in [4.78, 5) is 17.1. The zero-order valence-electron chi connectivity index (χ0n) is 14.2. The van der Waals surface area contributed by atoms with Crippen LogP contribution in [0.5, 0.6) is 0 Å². The number of nitrogens with one attached hydrogen (secondary N) is 2. The van der Waals surface area contributed by atoms with Crippen molar-refractivity contribution in [2.75, 3.05) is 6.26 Å². The van der Waals surface area contributed by atoms with Gasteiger partial charge in [0.15, 0.2) is 0 Å². The maximum Gasteiger partial charge on any atom is 0.224 e. The molecule has 0 fully saturated rings. The molecule has 0 bridgehead atoms. The van der Waals surface area contributed by atoms with E-state index in [0.29, 0.717) is 6.42 Å². The van der Waals surface area contributed by atoms with Gasteiger partial charge in [-0.15, -0.1) is 11.8 Å². The number of rotatable bonds is 5. The largest absolute Gasteiger partial charge is 0.358 e. The minimum absolute atomic E-state index is 0.00100. The number of para-hydroxylation sites is 1. The lowest BCUT2D eigenvalue weighted by Gasteiger charge is -2.15. The van der Waals surface area contributed by atoms with Gasteiger partial charge in [0.1, 0.15) is 0 Å². The zero-order valence-corrected chi connectivity index (χ0v) is 15.0. The summed E-state index contributed by atoms with van der Waals surface area (Å²) in [5.74, 6) is 0.0456. The molecule has 1 atom stereocenters. The van der Waals surface area contributed by atoms with Crippen molar-refractivity contribution in [2.45, 2.75) is 31.2 Å². The summed E-state index contributed by atoms with van der Waals surface area (Å²) in [5, 5.41) is 4.23. The molecule has 0 saturated heterocycles. The van der Waals surface area contributed by atoms with Gasteiger partial charge in [-0.3, -0.25) is 4.79 Å². The van der Waals surface area contributed by atoms with Crippen LogP contribution < -0.4 is 5.32 Å². The average molecular weight is 338 g/mol. The normalized spacial score (nSPS) is 12.3. The van der Waals surface area contributed by atoms with Crippen molar-refractivity contribution < 1.29 is 4.79 Å². The van der Waals surface area contributed by atoms with Gasteiger partial charge in [-0.2, -0.15) is 0 Å². The van der Waals surface area contributed by atoms with Gasteiger partial charge in [0.2, 0.25) is 5.91 Å². The number of aryl methyl sites for hydroxylation is 1. The molecular weight excluding hydrogens is 316 g/mol. The Labute approximate surface area is 146 Å². The lowest BCUT2D eigenvalue weighted by Crippen LogP contribution is -2.28. The molecule has 3 rings (SSSR count). The number of aromatic amines is 1. The van der Waals surface area contributed by atoms with Crippen molar-refractivity contribution in [3.05, 3.63) is 65.4 Å². The maximum atomic E-state index is 12.5. The third-order valence-electron chi connectivity index (χ3n) is 4.36. The number of H-pyrrole nitrogens is 1. The number of aromatic nitrogens is 1. The number of carbonyl (C=O) groups is 1. The lowest BCUT2D eigenvalue weighted by atomic mass is 10.1. The first-order valence-corrected chi connectivity index (χ1v) is 9.30. The molecule has 0 radical (unpaired) electrons. The summed E-state index contributed by atoms with van der Waals surface area (Å²) < 4.78 is 0. The molecule has 2 aromatic carbocycles. The van der Waals surface area contributed by atoms with E-state index >= 15 is 0 Å². The van der Waals surface area contributed by atoms with Crippen LogP contribution in [0.2, 0.25) is 0 Å². The summed E-state index contributed by atoms with van der Waals surface area (Å²) in [6, 6.07) is 16.4. The highest BCUT2D eigenvalue weighted by atomic mass is 32.2. The Morgan fingerprint density at radius 2 is 1.88 bits per heavy atom. The van der Waals surface area contributed by atoms with Crippen molar-refractivity contribution in [1.82, 2.24) is 10.3 Å². The van der Waals surface area contributed by atoms with Crippen molar-refractivity contribution in [2.24, 2.45) is 0 Å². The second-order valence-electron chi connectivity index (χ2n) is 6.01. The summed E-state index contributed by atoms with van der Waals surface area (Å²) in [6.07, 6.45) is 2.45. The molecular formula is C20H22N2OS. The van der Waals surface area contributed by atoms with E-state index in [2.05, 4.69) is 46.9 Å². The molecule has 0 aliphatic heterocycles.